The molecule has 0 radical (unpaired) electrons. The average molecular weight is 221 g/mol. The smallest absolute Gasteiger partial charge is 0.248 e. The van der Waals surface area contributed by atoms with Gasteiger partial charge in [0.1, 0.15) is 12.9 Å². The van der Waals surface area contributed by atoms with Crippen LogP contribution in [0.25, 0.3) is 0 Å². The Bertz CT molecular complexity index is 381. The molecule has 0 bridgehead atoms. The van der Waals surface area contributed by atoms with Crippen molar-refractivity contribution in [2.24, 2.45) is 0 Å². The number of aromatic nitrogens is 2. The van der Waals surface area contributed by atoms with E-state index in [0.29, 0.717) is 13.2 Å². The molecule has 0 atom stereocenters. The Balaban J connectivity index is 1.99. The summed E-state index contributed by atoms with van der Waals surface area (Å²) in [5.74, 6) is 0.0383. The third-order valence-electron chi connectivity index (χ3n) is 2.64. The third-order valence-corrected chi connectivity index (χ3v) is 2.64. The van der Waals surface area contributed by atoms with Crippen LogP contribution < -0.4 is 0 Å². The quantitative estimate of drug-likeness (QED) is 0.741. The van der Waals surface area contributed by atoms with E-state index in [4.69, 9.17) is 4.74 Å². The first kappa shape index (κ1) is 11.0. The van der Waals surface area contributed by atoms with Gasteiger partial charge in [-0.1, -0.05) is 0 Å². The van der Waals surface area contributed by atoms with Gasteiger partial charge in [0, 0.05) is 37.9 Å². The number of hydrogen-bond acceptors (Lipinski definition) is 4. The zero-order valence-corrected chi connectivity index (χ0v) is 9.35. The molecule has 2 rings (SSSR count). The van der Waals surface area contributed by atoms with Crippen LogP contribution in [0, 0.1) is 0 Å². The lowest BCUT2D eigenvalue weighted by Crippen LogP contribution is -2.38. The van der Waals surface area contributed by atoms with Crippen molar-refractivity contribution in [3.63, 3.8) is 0 Å². The first-order chi connectivity index (χ1) is 7.81. The highest BCUT2D eigenvalue weighted by Gasteiger charge is 2.21. The van der Waals surface area contributed by atoms with E-state index in [1.165, 1.54) is 0 Å². The molecule has 5 nitrogen and oxygen atoms in total. The molecule has 0 unspecified atom stereocenters. The van der Waals surface area contributed by atoms with Gasteiger partial charge in [-0.05, 0) is 6.92 Å². The largest absolute Gasteiger partial charge is 0.372 e. The summed E-state index contributed by atoms with van der Waals surface area (Å²) in [7, 11) is 0. The van der Waals surface area contributed by atoms with Gasteiger partial charge in [-0.2, -0.15) is 0 Å². The molecule has 0 saturated carbocycles. The number of nitrogens with zero attached hydrogens (tertiary/aromatic N) is 3. The fourth-order valence-corrected chi connectivity index (χ4v) is 1.76. The highest BCUT2D eigenvalue weighted by Crippen LogP contribution is 2.15. The van der Waals surface area contributed by atoms with Crippen molar-refractivity contribution < 1.29 is 9.53 Å². The van der Waals surface area contributed by atoms with Crippen molar-refractivity contribution in [1.29, 1.82) is 0 Å². The molecule has 1 aliphatic heterocycles. The SMILES string of the molecule is CCOCC(=O)N1CCc2ncncc2C1. The number of hydrogen-bond donors (Lipinski definition) is 0. The second-order valence-corrected chi connectivity index (χ2v) is 3.70. The molecule has 0 aliphatic carbocycles. The van der Waals surface area contributed by atoms with Crippen molar-refractivity contribution in [3.8, 4) is 0 Å². The van der Waals surface area contributed by atoms with Gasteiger partial charge >= 0.3 is 0 Å². The molecular weight excluding hydrogens is 206 g/mol. The summed E-state index contributed by atoms with van der Waals surface area (Å²) < 4.78 is 5.11. The molecule has 5 heteroatoms. The molecule has 0 fully saturated rings. The minimum atomic E-state index is 0.0383. The topological polar surface area (TPSA) is 55.3 Å². The third kappa shape index (κ3) is 2.36. The molecule has 1 aromatic heterocycles. The summed E-state index contributed by atoms with van der Waals surface area (Å²) in [6.07, 6.45) is 4.13. The molecule has 1 aliphatic rings. The molecule has 16 heavy (non-hydrogen) atoms. The number of ether oxygens (including phenoxy) is 1. The summed E-state index contributed by atoms with van der Waals surface area (Å²) >= 11 is 0. The van der Waals surface area contributed by atoms with E-state index in [9.17, 15) is 4.79 Å². The van der Waals surface area contributed by atoms with Gasteiger partial charge in [0.2, 0.25) is 5.91 Å². The lowest BCUT2D eigenvalue weighted by atomic mass is 10.1. The number of rotatable bonds is 3. The van der Waals surface area contributed by atoms with E-state index < -0.39 is 0 Å². The molecule has 2 heterocycles. The monoisotopic (exact) mass is 221 g/mol. The minimum Gasteiger partial charge on any atom is -0.372 e. The van der Waals surface area contributed by atoms with Crippen molar-refractivity contribution in [3.05, 3.63) is 23.8 Å². The van der Waals surface area contributed by atoms with Crippen molar-refractivity contribution >= 4 is 5.91 Å². The fraction of sp³-hybridized carbons (Fsp3) is 0.545. The Kier molecular flexibility index (Phi) is 3.46. The predicted octanol–water partition coefficient (Wildman–Crippen LogP) is 0.398. The molecule has 0 saturated heterocycles. The molecule has 86 valence electrons. The Morgan fingerprint density at radius 2 is 2.50 bits per heavy atom. The molecule has 0 N–H and O–H groups in total. The van der Waals surface area contributed by atoms with Crippen molar-refractivity contribution in [1.82, 2.24) is 14.9 Å². The van der Waals surface area contributed by atoms with Crippen LogP contribution in [-0.4, -0.2) is 40.5 Å². The maximum atomic E-state index is 11.7. The van der Waals surface area contributed by atoms with Crippen molar-refractivity contribution in [2.45, 2.75) is 19.9 Å². The van der Waals surface area contributed by atoms with Crippen LogP contribution in [0.15, 0.2) is 12.5 Å². The summed E-state index contributed by atoms with van der Waals surface area (Å²) in [6, 6.07) is 0. The van der Waals surface area contributed by atoms with E-state index in [-0.39, 0.29) is 12.5 Å². The van der Waals surface area contributed by atoms with Crippen LogP contribution in [-0.2, 0) is 22.5 Å². The summed E-state index contributed by atoms with van der Waals surface area (Å²) in [4.78, 5) is 21.7. The fourth-order valence-electron chi connectivity index (χ4n) is 1.76. The summed E-state index contributed by atoms with van der Waals surface area (Å²) in [6.45, 7) is 3.93. The van der Waals surface area contributed by atoms with Gasteiger partial charge < -0.3 is 9.64 Å². The highest BCUT2D eigenvalue weighted by molar-refractivity contribution is 5.77. The Morgan fingerprint density at radius 3 is 3.31 bits per heavy atom. The maximum absolute atomic E-state index is 11.7. The zero-order valence-electron chi connectivity index (χ0n) is 9.35. The molecule has 1 amide bonds. The molecule has 1 aromatic rings. The van der Waals surface area contributed by atoms with Crippen LogP contribution >= 0.6 is 0 Å². The normalized spacial score (nSPS) is 14.7. The first-order valence-corrected chi connectivity index (χ1v) is 5.44. The van der Waals surface area contributed by atoms with Gasteiger partial charge in [-0.3, -0.25) is 4.79 Å². The molecule has 0 aromatic carbocycles. The van der Waals surface area contributed by atoms with Gasteiger partial charge in [0.05, 0.1) is 5.69 Å². The van der Waals surface area contributed by atoms with Crippen molar-refractivity contribution in [2.75, 3.05) is 19.8 Å². The number of carbonyl (C=O) groups is 1. The van der Waals surface area contributed by atoms with Gasteiger partial charge in [-0.15, -0.1) is 0 Å². The number of fused-ring (bicyclic) bond motifs is 1. The molecule has 0 spiro atoms. The second kappa shape index (κ2) is 5.03. The second-order valence-electron chi connectivity index (χ2n) is 3.70. The van der Waals surface area contributed by atoms with E-state index in [0.717, 1.165) is 24.2 Å². The summed E-state index contributed by atoms with van der Waals surface area (Å²) in [5.41, 5.74) is 2.09. The maximum Gasteiger partial charge on any atom is 0.248 e. The first-order valence-electron chi connectivity index (χ1n) is 5.44. The Hall–Kier alpha value is -1.49. The van der Waals surface area contributed by atoms with Gasteiger partial charge in [0.15, 0.2) is 0 Å². The number of carbonyl (C=O) groups excluding carboxylic acids is 1. The Labute approximate surface area is 94.5 Å². The highest BCUT2D eigenvalue weighted by atomic mass is 16.5. The van der Waals surface area contributed by atoms with Crippen LogP contribution in [0.5, 0.6) is 0 Å². The average Bonchev–Trinajstić information content (AvgIpc) is 2.35. The lowest BCUT2D eigenvalue weighted by molar-refractivity contribution is -0.136. The standard InChI is InChI=1S/C11H15N3O2/c1-2-16-7-11(15)14-4-3-10-9(6-14)5-12-8-13-10/h5,8H,2-4,6-7H2,1H3. The summed E-state index contributed by atoms with van der Waals surface area (Å²) in [5, 5.41) is 0. The van der Waals surface area contributed by atoms with Crippen LogP contribution in [0.3, 0.4) is 0 Å². The predicted molar refractivity (Wildman–Crippen MR) is 57.6 cm³/mol. The van der Waals surface area contributed by atoms with Gasteiger partial charge in [0.25, 0.3) is 0 Å². The van der Waals surface area contributed by atoms with E-state index in [2.05, 4.69) is 9.97 Å². The van der Waals surface area contributed by atoms with Gasteiger partial charge in [-0.25, -0.2) is 9.97 Å². The van der Waals surface area contributed by atoms with Crippen LogP contribution in [0.4, 0.5) is 0 Å². The van der Waals surface area contributed by atoms with E-state index in [1.807, 2.05) is 6.92 Å². The minimum absolute atomic E-state index is 0.0383. The van der Waals surface area contributed by atoms with Crippen LogP contribution in [0.1, 0.15) is 18.2 Å². The lowest BCUT2D eigenvalue weighted by Gasteiger charge is -2.27. The van der Waals surface area contributed by atoms with E-state index in [1.54, 1.807) is 17.4 Å². The van der Waals surface area contributed by atoms with Crippen LogP contribution in [0.2, 0.25) is 0 Å². The Morgan fingerprint density at radius 1 is 1.62 bits per heavy atom. The zero-order chi connectivity index (χ0) is 11.4. The number of amides is 1. The van der Waals surface area contributed by atoms with E-state index >= 15 is 0 Å². The molecular formula is C11H15N3O2.